The van der Waals surface area contributed by atoms with Gasteiger partial charge in [0.15, 0.2) is 5.65 Å². The van der Waals surface area contributed by atoms with Crippen LogP contribution < -0.4 is 9.80 Å². The molecular formula is C23H23ClN6. The molecule has 4 aromatic rings. The first-order valence-corrected chi connectivity index (χ1v) is 10.5. The molecule has 152 valence electrons. The number of piperazine rings is 1. The summed E-state index contributed by atoms with van der Waals surface area (Å²) in [4.78, 5) is 13.9. The van der Waals surface area contributed by atoms with E-state index in [2.05, 4.69) is 63.0 Å². The molecule has 2 aromatic heterocycles. The van der Waals surface area contributed by atoms with E-state index in [0.717, 1.165) is 42.2 Å². The van der Waals surface area contributed by atoms with Crippen molar-refractivity contribution < 1.29 is 0 Å². The largest absolute Gasteiger partial charge is 0.365 e. The molecule has 0 spiro atoms. The summed E-state index contributed by atoms with van der Waals surface area (Å²) in [6.07, 6.45) is 3.49. The lowest BCUT2D eigenvalue weighted by Crippen LogP contribution is -2.52. The van der Waals surface area contributed by atoms with Gasteiger partial charge in [0.05, 0.1) is 17.3 Å². The Hall–Kier alpha value is -3.12. The first-order valence-electron chi connectivity index (χ1n) is 10.1. The van der Waals surface area contributed by atoms with E-state index in [4.69, 9.17) is 11.6 Å². The lowest BCUT2D eigenvalue weighted by atomic mass is 10.1. The third-order valence-electron chi connectivity index (χ3n) is 5.68. The number of hydrogen-bond acceptors (Lipinski definition) is 5. The number of anilines is 2. The highest BCUT2D eigenvalue weighted by atomic mass is 35.5. The molecule has 0 aliphatic carbocycles. The van der Waals surface area contributed by atoms with E-state index in [1.165, 1.54) is 11.3 Å². The Labute approximate surface area is 180 Å². The third kappa shape index (κ3) is 3.37. The monoisotopic (exact) mass is 418 g/mol. The fourth-order valence-corrected chi connectivity index (χ4v) is 4.32. The maximum absolute atomic E-state index is 6.03. The van der Waals surface area contributed by atoms with Crippen molar-refractivity contribution in [2.75, 3.05) is 29.4 Å². The Morgan fingerprint density at radius 1 is 1.00 bits per heavy atom. The Balaban J connectivity index is 1.44. The van der Waals surface area contributed by atoms with Gasteiger partial charge in [0.25, 0.3) is 0 Å². The van der Waals surface area contributed by atoms with Gasteiger partial charge in [-0.05, 0) is 55.8 Å². The highest BCUT2D eigenvalue weighted by Gasteiger charge is 2.26. The number of aryl methyl sites for hydroxylation is 1. The van der Waals surface area contributed by atoms with Gasteiger partial charge in [0.1, 0.15) is 12.1 Å². The molecule has 2 aromatic carbocycles. The van der Waals surface area contributed by atoms with Crippen LogP contribution in [0.3, 0.4) is 0 Å². The number of aromatic nitrogens is 4. The number of hydrogen-bond donors (Lipinski definition) is 0. The van der Waals surface area contributed by atoms with Crippen molar-refractivity contribution in [3.8, 4) is 5.69 Å². The second-order valence-corrected chi connectivity index (χ2v) is 8.23. The summed E-state index contributed by atoms with van der Waals surface area (Å²) in [5.41, 5.74) is 4.30. The van der Waals surface area contributed by atoms with E-state index >= 15 is 0 Å². The van der Waals surface area contributed by atoms with Crippen molar-refractivity contribution in [3.63, 3.8) is 0 Å². The van der Waals surface area contributed by atoms with Crippen molar-refractivity contribution in [2.45, 2.75) is 19.9 Å². The third-order valence-corrected chi connectivity index (χ3v) is 5.93. The fourth-order valence-electron chi connectivity index (χ4n) is 4.20. The molecule has 0 bridgehead atoms. The number of benzene rings is 2. The molecule has 7 heteroatoms. The molecule has 3 heterocycles. The van der Waals surface area contributed by atoms with Crippen molar-refractivity contribution in [2.24, 2.45) is 0 Å². The summed E-state index contributed by atoms with van der Waals surface area (Å²) in [5.74, 6) is 0.941. The molecule has 0 unspecified atom stereocenters. The average Bonchev–Trinajstić information content (AvgIpc) is 3.18. The SMILES string of the molecule is Cc1cccc(N2CCN(c3ncnc4c3cnn4-c3ccc(Cl)cc3)C[C@@H]2C)c1. The summed E-state index contributed by atoms with van der Waals surface area (Å²) < 4.78 is 1.84. The zero-order chi connectivity index (χ0) is 20.7. The van der Waals surface area contributed by atoms with Crippen molar-refractivity contribution in [1.29, 1.82) is 0 Å². The van der Waals surface area contributed by atoms with Gasteiger partial charge in [-0.2, -0.15) is 5.10 Å². The predicted molar refractivity (Wildman–Crippen MR) is 122 cm³/mol. The Morgan fingerprint density at radius 3 is 2.60 bits per heavy atom. The van der Waals surface area contributed by atoms with E-state index in [-0.39, 0.29) is 0 Å². The van der Waals surface area contributed by atoms with E-state index in [9.17, 15) is 0 Å². The van der Waals surface area contributed by atoms with Crippen LogP contribution in [-0.2, 0) is 0 Å². The lowest BCUT2D eigenvalue weighted by Gasteiger charge is -2.42. The number of fused-ring (bicyclic) bond motifs is 1. The zero-order valence-corrected chi connectivity index (χ0v) is 17.8. The van der Waals surface area contributed by atoms with Crippen LogP contribution in [0.15, 0.2) is 61.1 Å². The molecule has 1 aliphatic heterocycles. The zero-order valence-electron chi connectivity index (χ0n) is 17.0. The van der Waals surface area contributed by atoms with Crippen LogP contribution in [-0.4, -0.2) is 45.4 Å². The van der Waals surface area contributed by atoms with E-state index in [1.807, 2.05) is 35.1 Å². The summed E-state index contributed by atoms with van der Waals surface area (Å²) >= 11 is 6.03. The first kappa shape index (κ1) is 18.9. The maximum Gasteiger partial charge on any atom is 0.168 e. The molecule has 6 nitrogen and oxygen atoms in total. The normalized spacial score (nSPS) is 17.0. The Morgan fingerprint density at radius 2 is 1.83 bits per heavy atom. The van der Waals surface area contributed by atoms with Gasteiger partial charge in [0.2, 0.25) is 0 Å². The van der Waals surface area contributed by atoms with Crippen LogP contribution in [0.25, 0.3) is 16.7 Å². The van der Waals surface area contributed by atoms with Crippen LogP contribution in [0.4, 0.5) is 11.5 Å². The Bertz CT molecular complexity index is 1190. The second kappa shape index (κ2) is 7.61. The highest BCUT2D eigenvalue weighted by molar-refractivity contribution is 6.30. The summed E-state index contributed by atoms with van der Waals surface area (Å²) in [6.45, 7) is 7.15. The molecule has 5 rings (SSSR count). The summed E-state index contributed by atoms with van der Waals surface area (Å²) in [5, 5.41) is 6.24. The molecule has 30 heavy (non-hydrogen) atoms. The molecule has 1 fully saturated rings. The first-order chi connectivity index (χ1) is 14.6. The van der Waals surface area contributed by atoms with E-state index < -0.39 is 0 Å². The van der Waals surface area contributed by atoms with Gasteiger partial charge in [0, 0.05) is 36.4 Å². The van der Waals surface area contributed by atoms with Gasteiger partial charge in [-0.3, -0.25) is 0 Å². The highest BCUT2D eigenvalue weighted by Crippen LogP contribution is 2.28. The minimum absolute atomic E-state index is 0.372. The van der Waals surface area contributed by atoms with Crippen LogP contribution in [0, 0.1) is 6.92 Å². The van der Waals surface area contributed by atoms with Crippen LogP contribution in [0.5, 0.6) is 0 Å². The minimum atomic E-state index is 0.372. The van der Waals surface area contributed by atoms with Crippen molar-refractivity contribution >= 4 is 34.1 Å². The number of nitrogens with zero attached hydrogens (tertiary/aromatic N) is 6. The quantitative estimate of drug-likeness (QED) is 0.490. The Kier molecular flexibility index (Phi) is 4.79. The van der Waals surface area contributed by atoms with E-state index in [0.29, 0.717) is 11.1 Å². The standard InChI is InChI=1S/C23H23ClN6/c1-16-4-3-5-20(12-16)29-11-10-28(14-17(29)2)22-21-13-27-30(23(21)26-15-25-22)19-8-6-18(24)7-9-19/h3-9,12-13,15,17H,10-11,14H2,1-2H3/t17-/m0/s1. The number of halogens is 1. The van der Waals surface area contributed by atoms with Crippen molar-refractivity contribution in [3.05, 3.63) is 71.6 Å². The fraction of sp³-hybridized carbons (Fsp3) is 0.261. The second-order valence-electron chi connectivity index (χ2n) is 7.79. The summed E-state index contributed by atoms with van der Waals surface area (Å²) in [6, 6.07) is 16.7. The molecule has 0 radical (unpaired) electrons. The maximum atomic E-state index is 6.03. The number of rotatable bonds is 3. The average molecular weight is 419 g/mol. The molecule has 1 aliphatic rings. The molecule has 0 N–H and O–H groups in total. The lowest BCUT2D eigenvalue weighted by molar-refractivity contribution is 0.548. The van der Waals surface area contributed by atoms with Crippen LogP contribution in [0.2, 0.25) is 5.02 Å². The summed E-state index contributed by atoms with van der Waals surface area (Å²) in [7, 11) is 0. The van der Waals surface area contributed by atoms with Gasteiger partial charge in [-0.25, -0.2) is 14.6 Å². The van der Waals surface area contributed by atoms with Crippen molar-refractivity contribution in [1.82, 2.24) is 19.7 Å². The molecule has 1 saturated heterocycles. The van der Waals surface area contributed by atoms with E-state index in [1.54, 1.807) is 6.33 Å². The molecule has 0 saturated carbocycles. The smallest absolute Gasteiger partial charge is 0.168 e. The predicted octanol–water partition coefficient (Wildman–Crippen LogP) is 4.49. The van der Waals surface area contributed by atoms with Gasteiger partial charge in [-0.15, -0.1) is 0 Å². The molecule has 0 amide bonds. The molecule has 1 atom stereocenters. The minimum Gasteiger partial charge on any atom is -0.365 e. The van der Waals surface area contributed by atoms with Gasteiger partial charge >= 0.3 is 0 Å². The van der Waals surface area contributed by atoms with Crippen LogP contribution in [0.1, 0.15) is 12.5 Å². The van der Waals surface area contributed by atoms with Gasteiger partial charge < -0.3 is 9.80 Å². The topological polar surface area (TPSA) is 50.1 Å². The van der Waals surface area contributed by atoms with Gasteiger partial charge in [-0.1, -0.05) is 23.7 Å². The van der Waals surface area contributed by atoms with Crippen LogP contribution >= 0.6 is 11.6 Å². The molecular weight excluding hydrogens is 396 g/mol.